The maximum absolute atomic E-state index is 13.8. The molecule has 4 rings (SSSR count). The summed E-state index contributed by atoms with van der Waals surface area (Å²) in [6, 6.07) is 19.6. The molecule has 0 bridgehead atoms. The van der Waals surface area contributed by atoms with Crippen molar-refractivity contribution in [3.8, 4) is 0 Å². The van der Waals surface area contributed by atoms with Crippen molar-refractivity contribution in [1.82, 2.24) is 10.4 Å². The van der Waals surface area contributed by atoms with Crippen molar-refractivity contribution < 1.29 is 19.2 Å². The van der Waals surface area contributed by atoms with Gasteiger partial charge in [0, 0.05) is 12.5 Å². The van der Waals surface area contributed by atoms with Crippen molar-refractivity contribution in [2.24, 2.45) is 23.7 Å². The zero-order chi connectivity index (χ0) is 23.8. The number of hydrogen-bond acceptors (Lipinski definition) is 4. The van der Waals surface area contributed by atoms with Crippen molar-refractivity contribution in [1.29, 1.82) is 0 Å². The molecular formula is C28H34N2O4. The number of hydrogen-bond donors (Lipinski definition) is 1. The van der Waals surface area contributed by atoms with Crippen LogP contribution in [0.1, 0.15) is 43.2 Å². The first kappa shape index (κ1) is 24.1. The van der Waals surface area contributed by atoms with E-state index in [1.54, 1.807) is 0 Å². The topological polar surface area (TPSA) is 75.7 Å². The van der Waals surface area contributed by atoms with Gasteiger partial charge in [-0.05, 0) is 35.8 Å². The number of ketones is 1. The summed E-state index contributed by atoms with van der Waals surface area (Å²) in [7, 11) is 0. The smallest absolute Gasteiger partial charge is 0.233 e. The van der Waals surface area contributed by atoms with Gasteiger partial charge in [0.1, 0.15) is 12.5 Å². The van der Waals surface area contributed by atoms with Crippen LogP contribution >= 0.6 is 0 Å². The fraction of sp³-hybridized carbons (Fsp3) is 0.464. The molecule has 1 N–H and O–H groups in total. The van der Waals surface area contributed by atoms with Gasteiger partial charge in [0.2, 0.25) is 12.3 Å². The van der Waals surface area contributed by atoms with Crippen molar-refractivity contribution in [2.45, 2.75) is 45.1 Å². The van der Waals surface area contributed by atoms with E-state index in [-0.39, 0.29) is 30.8 Å². The quantitative estimate of drug-likeness (QED) is 0.294. The molecule has 2 fully saturated rings. The zero-order valence-electron chi connectivity index (χ0n) is 19.6. The van der Waals surface area contributed by atoms with E-state index in [1.807, 2.05) is 60.7 Å². The number of hydroxylamine groups is 2. The van der Waals surface area contributed by atoms with E-state index in [2.05, 4.69) is 5.32 Å². The molecule has 2 aromatic carbocycles. The highest BCUT2D eigenvalue weighted by atomic mass is 16.7. The number of Topliss-reactive ketones (excluding diaryl/α,β-unsaturated/α-hetero) is 1. The van der Waals surface area contributed by atoms with Crippen LogP contribution in [0.3, 0.4) is 0 Å². The van der Waals surface area contributed by atoms with Crippen LogP contribution in [0.4, 0.5) is 0 Å². The molecule has 2 amide bonds. The predicted molar refractivity (Wildman–Crippen MR) is 129 cm³/mol. The van der Waals surface area contributed by atoms with Crippen LogP contribution < -0.4 is 5.32 Å². The number of carbonyl (C=O) groups excluding carboxylic acids is 3. The molecule has 1 aliphatic heterocycles. The molecular weight excluding hydrogens is 428 g/mol. The van der Waals surface area contributed by atoms with Gasteiger partial charge in [-0.3, -0.25) is 19.2 Å². The minimum atomic E-state index is -0.686. The second-order valence-electron chi connectivity index (χ2n) is 9.62. The molecule has 3 unspecified atom stereocenters. The molecule has 0 radical (unpaired) electrons. The number of nitrogens with one attached hydrogen (secondary N) is 1. The molecule has 2 aromatic rings. The Hall–Kier alpha value is -2.99. The number of carbonyl (C=O) groups is 3. The summed E-state index contributed by atoms with van der Waals surface area (Å²) in [6.45, 7) is 0.931. The summed E-state index contributed by atoms with van der Waals surface area (Å²) in [6.07, 6.45) is 6.56. The van der Waals surface area contributed by atoms with Crippen LogP contribution in [0.15, 0.2) is 60.7 Å². The van der Waals surface area contributed by atoms with Gasteiger partial charge in [-0.1, -0.05) is 86.3 Å². The van der Waals surface area contributed by atoms with E-state index in [0.717, 1.165) is 24.0 Å². The Balaban J connectivity index is 1.47. The highest BCUT2D eigenvalue weighted by Gasteiger charge is 2.43. The van der Waals surface area contributed by atoms with Crippen molar-refractivity contribution >= 4 is 18.1 Å². The Bertz CT molecular complexity index is 943. The number of benzene rings is 2. The van der Waals surface area contributed by atoms with Crippen LogP contribution in [0.2, 0.25) is 0 Å². The SMILES string of the molecule is O=CN(CC(CC1CCCC1)C(=O)C1C(=O)NCC1Cc1ccccc1)OCc1ccccc1. The average Bonchev–Trinajstić information content (AvgIpc) is 3.51. The Kier molecular flexibility index (Phi) is 8.47. The van der Waals surface area contributed by atoms with E-state index < -0.39 is 11.8 Å². The third kappa shape index (κ3) is 6.32. The van der Waals surface area contributed by atoms with E-state index in [0.29, 0.717) is 31.7 Å². The fourth-order valence-corrected chi connectivity index (χ4v) is 5.40. The molecule has 0 aromatic heterocycles. The van der Waals surface area contributed by atoms with E-state index >= 15 is 0 Å². The van der Waals surface area contributed by atoms with Gasteiger partial charge < -0.3 is 5.32 Å². The number of nitrogens with zero attached hydrogens (tertiary/aromatic N) is 1. The van der Waals surface area contributed by atoms with Gasteiger partial charge in [0.05, 0.1) is 6.54 Å². The van der Waals surface area contributed by atoms with Gasteiger partial charge in [-0.15, -0.1) is 0 Å². The second-order valence-corrected chi connectivity index (χ2v) is 9.62. The number of rotatable bonds is 12. The fourth-order valence-electron chi connectivity index (χ4n) is 5.40. The van der Waals surface area contributed by atoms with Crippen LogP contribution in [0.25, 0.3) is 0 Å². The molecule has 34 heavy (non-hydrogen) atoms. The molecule has 180 valence electrons. The van der Waals surface area contributed by atoms with Gasteiger partial charge in [-0.2, -0.15) is 0 Å². The summed E-state index contributed by atoms with van der Waals surface area (Å²) < 4.78 is 0. The van der Waals surface area contributed by atoms with Crippen molar-refractivity contribution in [2.75, 3.05) is 13.1 Å². The molecule has 6 heteroatoms. The molecule has 1 saturated carbocycles. The highest BCUT2D eigenvalue weighted by molar-refractivity contribution is 6.04. The second kappa shape index (κ2) is 11.9. The largest absolute Gasteiger partial charge is 0.355 e. The summed E-state index contributed by atoms with van der Waals surface area (Å²) >= 11 is 0. The van der Waals surface area contributed by atoms with Crippen LogP contribution in [-0.4, -0.2) is 36.3 Å². The summed E-state index contributed by atoms with van der Waals surface area (Å²) in [5, 5.41) is 4.15. The lowest BCUT2D eigenvalue weighted by Crippen LogP contribution is -2.40. The molecule has 6 nitrogen and oxygen atoms in total. The normalized spacial score (nSPS) is 21.2. The minimum Gasteiger partial charge on any atom is -0.355 e. The lowest BCUT2D eigenvalue weighted by atomic mass is 9.79. The lowest BCUT2D eigenvalue weighted by molar-refractivity contribution is -0.182. The van der Waals surface area contributed by atoms with Crippen LogP contribution in [0, 0.1) is 23.7 Å². The van der Waals surface area contributed by atoms with Crippen LogP contribution in [-0.2, 0) is 32.2 Å². The first-order chi connectivity index (χ1) is 16.6. The average molecular weight is 463 g/mol. The Labute approximate surface area is 201 Å². The molecule has 1 aliphatic carbocycles. The third-order valence-electron chi connectivity index (χ3n) is 7.19. The Morgan fingerprint density at radius 2 is 1.68 bits per heavy atom. The molecule has 3 atom stereocenters. The van der Waals surface area contributed by atoms with E-state index in [4.69, 9.17) is 4.84 Å². The van der Waals surface area contributed by atoms with Crippen molar-refractivity contribution in [3.63, 3.8) is 0 Å². The first-order valence-electron chi connectivity index (χ1n) is 12.4. The standard InChI is InChI=1S/C28H34N2O4/c31-20-30(34-19-23-13-5-2-6-14-23)18-25(16-22-11-7-8-12-22)27(32)26-24(17-29-28(26)33)15-21-9-3-1-4-10-21/h1-6,9-10,13-14,20,22,24-26H,7-8,11-12,15-19H2,(H,29,33). The maximum atomic E-state index is 13.8. The number of amides is 2. The third-order valence-corrected chi connectivity index (χ3v) is 7.19. The molecule has 2 aliphatic rings. The Morgan fingerprint density at radius 3 is 2.32 bits per heavy atom. The lowest BCUT2D eigenvalue weighted by Gasteiger charge is -2.28. The zero-order valence-corrected chi connectivity index (χ0v) is 19.6. The van der Waals surface area contributed by atoms with E-state index in [9.17, 15) is 14.4 Å². The van der Waals surface area contributed by atoms with Crippen LogP contribution in [0.5, 0.6) is 0 Å². The molecule has 0 spiro atoms. The van der Waals surface area contributed by atoms with E-state index in [1.165, 1.54) is 17.9 Å². The maximum Gasteiger partial charge on any atom is 0.233 e. The molecule has 1 saturated heterocycles. The monoisotopic (exact) mass is 462 g/mol. The highest BCUT2D eigenvalue weighted by Crippen LogP contribution is 2.34. The van der Waals surface area contributed by atoms with Crippen molar-refractivity contribution in [3.05, 3.63) is 71.8 Å². The van der Waals surface area contributed by atoms with Gasteiger partial charge in [0.15, 0.2) is 5.78 Å². The first-order valence-corrected chi connectivity index (χ1v) is 12.4. The Morgan fingerprint density at radius 1 is 1.03 bits per heavy atom. The minimum absolute atomic E-state index is 0.0574. The van der Waals surface area contributed by atoms with Gasteiger partial charge in [0.25, 0.3) is 0 Å². The predicted octanol–water partition coefficient (Wildman–Crippen LogP) is 3.95. The van der Waals surface area contributed by atoms with Gasteiger partial charge in [-0.25, -0.2) is 5.06 Å². The summed E-state index contributed by atoms with van der Waals surface area (Å²) in [4.78, 5) is 44.2. The summed E-state index contributed by atoms with van der Waals surface area (Å²) in [5.74, 6) is -0.981. The molecule has 1 heterocycles. The summed E-state index contributed by atoms with van der Waals surface area (Å²) in [5.41, 5.74) is 2.07. The van der Waals surface area contributed by atoms with Gasteiger partial charge >= 0.3 is 0 Å².